The lowest BCUT2D eigenvalue weighted by Gasteiger charge is -2.43. The van der Waals surface area contributed by atoms with Gasteiger partial charge in [-0.1, -0.05) is 79.7 Å². The molecule has 0 amide bonds. The van der Waals surface area contributed by atoms with Crippen LogP contribution in [-0.4, -0.2) is 0 Å². The largest absolute Gasteiger partial charge is 0.124 e. The maximum Gasteiger partial charge on any atom is -0.0143 e. The van der Waals surface area contributed by atoms with Gasteiger partial charge in [-0.2, -0.15) is 0 Å². The van der Waals surface area contributed by atoms with Crippen molar-refractivity contribution in [3.8, 4) is 12.8 Å². The quantitative estimate of drug-likeness (QED) is 0.406. The summed E-state index contributed by atoms with van der Waals surface area (Å²) < 4.78 is 0. The Labute approximate surface area is 184 Å². The Balaban J connectivity index is 0.00000120. The highest BCUT2D eigenvalue weighted by Crippen LogP contribution is 2.59. The molecule has 3 aliphatic carbocycles. The van der Waals surface area contributed by atoms with Gasteiger partial charge in [-0.3, -0.25) is 0 Å². The molecule has 166 valence electrons. The molecule has 0 aromatic heterocycles. The smallest absolute Gasteiger partial charge is 0.0143 e. The Morgan fingerprint density at radius 1 is 0.966 bits per heavy atom. The first-order valence-electron chi connectivity index (χ1n) is 12.4. The number of hydrogen-bond acceptors (Lipinski definition) is 0. The number of rotatable bonds is 2. The van der Waals surface area contributed by atoms with Gasteiger partial charge in [0.25, 0.3) is 0 Å². The van der Waals surface area contributed by atoms with Crippen molar-refractivity contribution in [3.05, 3.63) is 35.5 Å². The molecule has 0 aromatic rings. The maximum absolute atomic E-state index is 4.36. The average molecular weight is 399 g/mol. The molecule has 0 N–H and O–H groups in total. The van der Waals surface area contributed by atoms with Gasteiger partial charge in [0.15, 0.2) is 0 Å². The van der Waals surface area contributed by atoms with E-state index in [4.69, 9.17) is 0 Å². The summed E-state index contributed by atoms with van der Waals surface area (Å²) in [6, 6.07) is 0. The van der Waals surface area contributed by atoms with Gasteiger partial charge in [-0.05, 0) is 91.6 Å². The molecule has 3 fully saturated rings. The summed E-state index contributed by atoms with van der Waals surface area (Å²) >= 11 is 0. The van der Waals surface area contributed by atoms with Crippen molar-refractivity contribution in [1.82, 2.24) is 0 Å². The van der Waals surface area contributed by atoms with E-state index < -0.39 is 0 Å². The SMILES string of the molecule is C#C.C=C1/C(=C\C=C2/CCC[C@@]3(C)C2CCC3C(C)C)CCC[C@@H]1C.CC.CC. The summed E-state index contributed by atoms with van der Waals surface area (Å²) in [7, 11) is 0. The van der Waals surface area contributed by atoms with Crippen LogP contribution in [0.25, 0.3) is 0 Å². The standard InChI is InChI=1S/C23H36.2C2H6.C2H2/c1-16(2)21-13-14-22-20(10-7-15-23(21,22)5)12-11-19-9-6-8-17(3)18(19)4;3*1-2/h11-12,16-17,21-22H,4,6-10,13-15H2,1-3,5H3;2*1-2H3;1-2H/b19-11-,20-12+;;;/t17-,21?,22?,23+;;;/m0.../s1. The Morgan fingerprint density at radius 3 is 2.17 bits per heavy atom. The van der Waals surface area contributed by atoms with Gasteiger partial charge in [-0.15, -0.1) is 12.8 Å². The van der Waals surface area contributed by atoms with Crippen molar-refractivity contribution in [2.24, 2.45) is 29.1 Å². The molecular weight excluding hydrogens is 348 g/mol. The third-order valence-electron chi connectivity index (χ3n) is 7.43. The minimum atomic E-state index is 0.563. The number of hydrogen-bond donors (Lipinski definition) is 0. The summed E-state index contributed by atoms with van der Waals surface area (Å²) in [5.74, 6) is 3.28. The van der Waals surface area contributed by atoms with Gasteiger partial charge >= 0.3 is 0 Å². The molecule has 4 atom stereocenters. The Kier molecular flexibility index (Phi) is 13.3. The van der Waals surface area contributed by atoms with Gasteiger partial charge in [0.2, 0.25) is 0 Å². The first kappa shape index (κ1) is 27.8. The second-order valence-corrected chi connectivity index (χ2v) is 9.09. The molecule has 0 saturated heterocycles. The maximum atomic E-state index is 4.36. The average Bonchev–Trinajstić information content (AvgIpc) is 3.11. The van der Waals surface area contributed by atoms with E-state index in [1.54, 1.807) is 5.57 Å². The van der Waals surface area contributed by atoms with Crippen molar-refractivity contribution in [2.75, 3.05) is 0 Å². The number of allylic oxidation sites excluding steroid dienone is 5. The van der Waals surface area contributed by atoms with E-state index in [9.17, 15) is 0 Å². The van der Waals surface area contributed by atoms with Crippen molar-refractivity contribution >= 4 is 0 Å². The fourth-order valence-electron chi connectivity index (χ4n) is 6.02. The molecule has 0 bridgehead atoms. The van der Waals surface area contributed by atoms with E-state index in [0.717, 1.165) is 17.8 Å². The molecule has 3 aliphatic rings. The van der Waals surface area contributed by atoms with Gasteiger partial charge in [0, 0.05) is 0 Å². The van der Waals surface area contributed by atoms with Gasteiger partial charge < -0.3 is 0 Å². The van der Waals surface area contributed by atoms with Crippen LogP contribution in [0.2, 0.25) is 0 Å². The summed E-state index contributed by atoms with van der Waals surface area (Å²) in [5.41, 5.74) is 5.24. The highest BCUT2D eigenvalue weighted by atomic mass is 14.5. The van der Waals surface area contributed by atoms with Crippen LogP contribution in [-0.2, 0) is 0 Å². The van der Waals surface area contributed by atoms with Crippen LogP contribution in [0.1, 0.15) is 107 Å². The topological polar surface area (TPSA) is 0 Å². The third-order valence-corrected chi connectivity index (χ3v) is 7.43. The zero-order valence-corrected chi connectivity index (χ0v) is 21.0. The lowest BCUT2D eigenvalue weighted by Crippen LogP contribution is -2.35. The molecule has 2 unspecified atom stereocenters. The predicted molar refractivity (Wildman–Crippen MR) is 134 cm³/mol. The Morgan fingerprint density at radius 2 is 1.59 bits per heavy atom. The van der Waals surface area contributed by atoms with E-state index >= 15 is 0 Å². The Bertz CT molecular complexity index is 556. The number of fused-ring (bicyclic) bond motifs is 1. The van der Waals surface area contributed by atoms with Crippen LogP contribution in [0.15, 0.2) is 35.5 Å². The molecule has 3 rings (SSSR count). The highest BCUT2D eigenvalue weighted by molar-refractivity contribution is 5.36. The molecule has 0 heterocycles. The minimum Gasteiger partial charge on any atom is -0.124 e. The lowest BCUT2D eigenvalue weighted by molar-refractivity contribution is 0.104. The van der Waals surface area contributed by atoms with Crippen LogP contribution in [0, 0.1) is 41.9 Å². The highest BCUT2D eigenvalue weighted by Gasteiger charge is 2.49. The van der Waals surface area contributed by atoms with Gasteiger partial charge in [0.1, 0.15) is 0 Å². The monoisotopic (exact) mass is 398 g/mol. The zero-order valence-electron chi connectivity index (χ0n) is 21.0. The van der Waals surface area contributed by atoms with Crippen LogP contribution in [0.4, 0.5) is 0 Å². The second kappa shape index (κ2) is 13.9. The predicted octanol–water partition coefficient (Wildman–Crippen LogP) is 9.39. The first-order chi connectivity index (χ1) is 13.9. The van der Waals surface area contributed by atoms with Crippen molar-refractivity contribution in [1.29, 1.82) is 0 Å². The molecule has 0 heteroatoms. The summed E-state index contributed by atoms with van der Waals surface area (Å²) in [5, 5.41) is 0. The second-order valence-electron chi connectivity index (χ2n) is 9.09. The van der Waals surface area contributed by atoms with E-state index in [0.29, 0.717) is 11.3 Å². The number of terminal acetylenes is 1. The molecule has 0 nitrogen and oxygen atoms in total. The zero-order chi connectivity index (χ0) is 22.6. The first-order valence-corrected chi connectivity index (χ1v) is 12.4. The van der Waals surface area contributed by atoms with Crippen molar-refractivity contribution < 1.29 is 0 Å². The molecule has 0 spiro atoms. The lowest BCUT2D eigenvalue weighted by atomic mass is 9.61. The summed E-state index contributed by atoms with van der Waals surface area (Å²) in [6.07, 6.45) is 23.9. The molecule has 0 radical (unpaired) electrons. The van der Waals surface area contributed by atoms with Gasteiger partial charge in [-0.25, -0.2) is 0 Å². The van der Waals surface area contributed by atoms with Crippen LogP contribution >= 0.6 is 0 Å². The van der Waals surface area contributed by atoms with Crippen LogP contribution in [0.5, 0.6) is 0 Å². The molecule has 0 aliphatic heterocycles. The molecule has 3 saturated carbocycles. The summed E-state index contributed by atoms with van der Waals surface area (Å²) in [6.45, 7) is 22.2. The van der Waals surface area contributed by atoms with Crippen LogP contribution in [0.3, 0.4) is 0 Å². The molecular formula is C29H50. The van der Waals surface area contributed by atoms with E-state index in [1.165, 1.54) is 62.5 Å². The van der Waals surface area contributed by atoms with Gasteiger partial charge in [0.05, 0.1) is 0 Å². The van der Waals surface area contributed by atoms with Crippen LogP contribution < -0.4 is 0 Å². The Hall–Kier alpha value is -1.22. The van der Waals surface area contributed by atoms with Crippen molar-refractivity contribution in [3.63, 3.8) is 0 Å². The van der Waals surface area contributed by atoms with Crippen molar-refractivity contribution in [2.45, 2.75) is 107 Å². The third kappa shape index (κ3) is 6.64. The fourth-order valence-corrected chi connectivity index (χ4v) is 6.02. The van der Waals surface area contributed by atoms with E-state index in [-0.39, 0.29) is 0 Å². The minimum absolute atomic E-state index is 0.563. The fraction of sp³-hybridized carbons (Fsp3) is 0.724. The normalized spacial score (nSPS) is 33.6. The molecule has 0 aromatic carbocycles. The van der Waals surface area contributed by atoms with E-state index in [1.807, 2.05) is 27.7 Å². The molecule has 29 heavy (non-hydrogen) atoms. The van der Waals surface area contributed by atoms with E-state index in [2.05, 4.69) is 59.3 Å². The summed E-state index contributed by atoms with van der Waals surface area (Å²) in [4.78, 5) is 0.